The molecule has 2 aliphatic rings. The zero-order chi connectivity index (χ0) is 18.2. The van der Waals surface area contributed by atoms with Gasteiger partial charge in [0.25, 0.3) is 0 Å². The topological polar surface area (TPSA) is 32.3 Å². The van der Waals surface area contributed by atoms with Crippen molar-refractivity contribution in [3.05, 3.63) is 29.8 Å². The molecule has 0 spiro atoms. The smallest absolute Gasteiger partial charge is 0.220 e. The van der Waals surface area contributed by atoms with Gasteiger partial charge in [-0.25, -0.2) is 0 Å². The molecule has 1 aliphatic heterocycles. The van der Waals surface area contributed by atoms with Crippen LogP contribution in [0.5, 0.6) is 0 Å². The van der Waals surface area contributed by atoms with E-state index in [1.54, 1.807) is 0 Å². The zero-order valence-corrected chi connectivity index (χ0v) is 17.0. The molecule has 1 N–H and O–H groups in total. The summed E-state index contributed by atoms with van der Waals surface area (Å²) >= 11 is 1.84. The monoisotopic (exact) mass is 374 g/mol. The van der Waals surface area contributed by atoms with E-state index in [2.05, 4.69) is 40.7 Å². The average Bonchev–Trinajstić information content (AvgIpc) is 3.20. The molecular formula is C22H34N2OS. The number of hydrogen-bond acceptors (Lipinski definition) is 3. The first-order valence-electron chi connectivity index (χ1n) is 10.4. The first-order valence-corrected chi connectivity index (χ1v) is 11.6. The normalized spacial score (nSPS) is 19.7. The fourth-order valence-corrected chi connectivity index (χ4v) is 5.01. The number of piperidine rings is 1. The third kappa shape index (κ3) is 6.02. The molecule has 1 saturated heterocycles. The fourth-order valence-electron chi connectivity index (χ4n) is 4.40. The van der Waals surface area contributed by atoms with Gasteiger partial charge in [-0.05, 0) is 62.1 Å². The van der Waals surface area contributed by atoms with E-state index < -0.39 is 0 Å². The minimum Gasteiger partial charge on any atom is -0.356 e. The van der Waals surface area contributed by atoms with Gasteiger partial charge in [-0.1, -0.05) is 43.9 Å². The van der Waals surface area contributed by atoms with Crippen LogP contribution in [0.1, 0.15) is 56.9 Å². The van der Waals surface area contributed by atoms with Gasteiger partial charge in [0.2, 0.25) is 5.91 Å². The minimum atomic E-state index is 0.272. The Morgan fingerprint density at radius 2 is 1.85 bits per heavy atom. The molecule has 0 radical (unpaired) electrons. The zero-order valence-electron chi connectivity index (χ0n) is 16.2. The highest BCUT2D eigenvalue weighted by Gasteiger charge is 2.21. The summed E-state index contributed by atoms with van der Waals surface area (Å²) in [6, 6.07) is 8.73. The third-order valence-corrected chi connectivity index (χ3v) is 6.97. The van der Waals surface area contributed by atoms with Gasteiger partial charge in [0, 0.05) is 24.4 Å². The SMILES string of the molecule is CSc1ccccc1CN1CCC(CNC(=O)CCC2CCCC2)CC1. The molecule has 3 nitrogen and oxygen atoms in total. The number of rotatable bonds is 8. The number of benzene rings is 1. The van der Waals surface area contributed by atoms with Crippen LogP contribution in [0, 0.1) is 11.8 Å². The molecule has 3 rings (SSSR count). The molecule has 0 unspecified atom stereocenters. The molecule has 1 aromatic carbocycles. The number of nitrogens with one attached hydrogen (secondary N) is 1. The molecule has 2 fully saturated rings. The number of likely N-dealkylation sites (tertiary alicyclic amines) is 1. The van der Waals surface area contributed by atoms with Crippen molar-refractivity contribution in [2.75, 3.05) is 25.9 Å². The number of amides is 1. The second kappa shape index (κ2) is 10.4. The number of carbonyl (C=O) groups excluding carboxylic acids is 1. The molecule has 1 heterocycles. The molecule has 1 saturated carbocycles. The van der Waals surface area contributed by atoms with Crippen LogP contribution in [-0.2, 0) is 11.3 Å². The quantitative estimate of drug-likeness (QED) is 0.669. The van der Waals surface area contributed by atoms with Crippen LogP contribution in [0.3, 0.4) is 0 Å². The van der Waals surface area contributed by atoms with Crippen LogP contribution in [0.2, 0.25) is 0 Å². The van der Waals surface area contributed by atoms with E-state index in [-0.39, 0.29) is 5.91 Å². The number of hydrogen-bond donors (Lipinski definition) is 1. The predicted octanol–water partition coefficient (Wildman–Crippen LogP) is 4.71. The van der Waals surface area contributed by atoms with Crippen LogP contribution < -0.4 is 5.32 Å². The van der Waals surface area contributed by atoms with Gasteiger partial charge in [-0.15, -0.1) is 11.8 Å². The lowest BCUT2D eigenvalue weighted by atomic mass is 9.96. The summed E-state index contributed by atoms with van der Waals surface area (Å²) in [4.78, 5) is 16.1. The van der Waals surface area contributed by atoms with E-state index in [1.807, 2.05) is 11.8 Å². The van der Waals surface area contributed by atoms with Crippen molar-refractivity contribution >= 4 is 17.7 Å². The van der Waals surface area contributed by atoms with Crippen molar-refractivity contribution in [2.24, 2.45) is 11.8 Å². The van der Waals surface area contributed by atoms with Gasteiger partial charge in [-0.2, -0.15) is 0 Å². The number of carbonyl (C=O) groups is 1. The van der Waals surface area contributed by atoms with Crippen molar-refractivity contribution < 1.29 is 4.79 Å². The standard InChI is InChI=1S/C22H34N2OS/c1-26-21-9-5-4-8-20(21)17-24-14-12-19(13-15-24)16-23-22(25)11-10-18-6-2-3-7-18/h4-5,8-9,18-19H,2-3,6-7,10-17H2,1H3,(H,23,25). The highest BCUT2D eigenvalue weighted by molar-refractivity contribution is 7.98. The van der Waals surface area contributed by atoms with E-state index in [4.69, 9.17) is 0 Å². The van der Waals surface area contributed by atoms with Crippen molar-refractivity contribution in [2.45, 2.75) is 62.8 Å². The number of thioether (sulfide) groups is 1. The van der Waals surface area contributed by atoms with E-state index >= 15 is 0 Å². The van der Waals surface area contributed by atoms with Crippen LogP contribution in [0.25, 0.3) is 0 Å². The largest absolute Gasteiger partial charge is 0.356 e. The van der Waals surface area contributed by atoms with Gasteiger partial charge < -0.3 is 5.32 Å². The molecule has 1 amide bonds. The van der Waals surface area contributed by atoms with Gasteiger partial charge >= 0.3 is 0 Å². The van der Waals surface area contributed by atoms with Gasteiger partial charge in [0.05, 0.1) is 0 Å². The van der Waals surface area contributed by atoms with E-state index in [1.165, 1.54) is 49.0 Å². The van der Waals surface area contributed by atoms with Crippen LogP contribution in [-0.4, -0.2) is 36.7 Å². The van der Waals surface area contributed by atoms with Gasteiger partial charge in [-0.3, -0.25) is 9.69 Å². The minimum absolute atomic E-state index is 0.272. The Kier molecular flexibility index (Phi) is 7.87. The Morgan fingerprint density at radius 1 is 1.12 bits per heavy atom. The predicted molar refractivity (Wildman–Crippen MR) is 110 cm³/mol. The highest BCUT2D eigenvalue weighted by atomic mass is 32.2. The first-order chi connectivity index (χ1) is 12.7. The maximum Gasteiger partial charge on any atom is 0.220 e. The van der Waals surface area contributed by atoms with E-state index in [0.717, 1.165) is 44.9 Å². The summed E-state index contributed by atoms with van der Waals surface area (Å²) in [7, 11) is 0. The Bertz CT molecular complexity index is 563. The lowest BCUT2D eigenvalue weighted by molar-refractivity contribution is -0.121. The molecule has 0 bridgehead atoms. The summed E-state index contributed by atoms with van der Waals surface area (Å²) in [5, 5.41) is 3.20. The molecule has 1 aliphatic carbocycles. The Labute approximate surface area is 163 Å². The molecule has 26 heavy (non-hydrogen) atoms. The highest BCUT2D eigenvalue weighted by Crippen LogP contribution is 2.28. The average molecular weight is 375 g/mol. The number of nitrogens with zero attached hydrogens (tertiary/aromatic N) is 1. The Hall–Kier alpha value is -1.00. The molecule has 144 valence electrons. The van der Waals surface area contributed by atoms with E-state index in [9.17, 15) is 4.79 Å². The lowest BCUT2D eigenvalue weighted by Crippen LogP contribution is -2.38. The maximum atomic E-state index is 12.1. The van der Waals surface area contributed by atoms with Crippen LogP contribution in [0.4, 0.5) is 0 Å². The van der Waals surface area contributed by atoms with Crippen molar-refractivity contribution in [1.82, 2.24) is 10.2 Å². The maximum absolute atomic E-state index is 12.1. The van der Waals surface area contributed by atoms with Crippen molar-refractivity contribution in [1.29, 1.82) is 0 Å². The second-order valence-corrected chi connectivity index (χ2v) is 8.87. The lowest BCUT2D eigenvalue weighted by Gasteiger charge is -2.32. The molecule has 1 aromatic rings. The third-order valence-electron chi connectivity index (χ3n) is 6.14. The molecule has 0 aromatic heterocycles. The molecule has 4 heteroatoms. The van der Waals surface area contributed by atoms with Crippen LogP contribution >= 0.6 is 11.8 Å². The second-order valence-electron chi connectivity index (χ2n) is 8.02. The van der Waals surface area contributed by atoms with Crippen molar-refractivity contribution in [3.8, 4) is 0 Å². The summed E-state index contributed by atoms with van der Waals surface area (Å²) in [5.41, 5.74) is 1.44. The van der Waals surface area contributed by atoms with E-state index in [0.29, 0.717) is 5.92 Å². The summed E-state index contributed by atoms with van der Waals surface area (Å²) in [6.45, 7) is 4.22. The van der Waals surface area contributed by atoms with Gasteiger partial charge in [0.15, 0.2) is 0 Å². The fraction of sp³-hybridized carbons (Fsp3) is 0.682. The molecular weight excluding hydrogens is 340 g/mol. The van der Waals surface area contributed by atoms with Crippen molar-refractivity contribution in [3.63, 3.8) is 0 Å². The van der Waals surface area contributed by atoms with Crippen LogP contribution in [0.15, 0.2) is 29.2 Å². The molecule has 0 atom stereocenters. The first kappa shape index (κ1) is 19.8. The summed E-state index contributed by atoms with van der Waals surface area (Å²) in [6.07, 6.45) is 11.8. The Morgan fingerprint density at radius 3 is 2.58 bits per heavy atom. The summed E-state index contributed by atoms with van der Waals surface area (Å²) in [5.74, 6) is 1.74. The Balaban J connectivity index is 1.32. The van der Waals surface area contributed by atoms with Gasteiger partial charge in [0.1, 0.15) is 0 Å². The summed E-state index contributed by atoms with van der Waals surface area (Å²) < 4.78 is 0.